The van der Waals surface area contributed by atoms with Gasteiger partial charge in [0.25, 0.3) is 5.69 Å². The molecule has 1 rings (SSSR count). The lowest BCUT2D eigenvalue weighted by atomic mass is 9.99. The molecular formula is C9H10FNO3. The number of rotatable bonds is 2. The minimum Gasteiger partial charge on any atom is -0.508 e. The second-order valence-electron chi connectivity index (χ2n) is 3.47. The van der Waals surface area contributed by atoms with E-state index in [0.717, 1.165) is 12.1 Å². The van der Waals surface area contributed by atoms with Crippen LogP contribution in [-0.2, 0) is 5.67 Å². The van der Waals surface area contributed by atoms with Gasteiger partial charge in [-0.3, -0.25) is 10.1 Å². The molecule has 0 fully saturated rings. The van der Waals surface area contributed by atoms with E-state index in [2.05, 4.69) is 0 Å². The highest BCUT2D eigenvalue weighted by atomic mass is 19.1. The zero-order valence-corrected chi connectivity index (χ0v) is 7.82. The maximum Gasteiger partial charge on any atom is 0.273 e. The molecule has 0 aromatic heterocycles. The third-order valence-corrected chi connectivity index (χ3v) is 1.80. The summed E-state index contributed by atoms with van der Waals surface area (Å²) in [6, 6.07) is 3.27. The molecule has 0 aliphatic heterocycles. The number of nitro groups is 1. The Kier molecular flexibility index (Phi) is 2.42. The fourth-order valence-electron chi connectivity index (χ4n) is 1.04. The molecule has 0 unspecified atom stereocenters. The molecule has 0 amide bonds. The van der Waals surface area contributed by atoms with Crippen molar-refractivity contribution in [3.63, 3.8) is 0 Å². The van der Waals surface area contributed by atoms with Gasteiger partial charge >= 0.3 is 0 Å². The van der Waals surface area contributed by atoms with Crippen LogP contribution in [0, 0.1) is 10.1 Å². The van der Waals surface area contributed by atoms with Gasteiger partial charge in [-0.05, 0) is 25.5 Å². The van der Waals surface area contributed by atoms with Gasteiger partial charge in [0.2, 0.25) is 0 Å². The van der Waals surface area contributed by atoms with Gasteiger partial charge in [0, 0.05) is 6.07 Å². The average molecular weight is 199 g/mol. The van der Waals surface area contributed by atoms with Gasteiger partial charge in [0.15, 0.2) is 0 Å². The molecule has 0 saturated heterocycles. The number of alkyl halides is 1. The number of benzene rings is 1. The number of nitro benzene ring substituents is 1. The van der Waals surface area contributed by atoms with E-state index in [1.54, 1.807) is 0 Å². The summed E-state index contributed by atoms with van der Waals surface area (Å²) in [6.07, 6.45) is 0. The molecule has 5 heteroatoms. The molecule has 0 aliphatic carbocycles. The van der Waals surface area contributed by atoms with Crippen LogP contribution in [0.25, 0.3) is 0 Å². The van der Waals surface area contributed by atoms with Gasteiger partial charge in [-0.2, -0.15) is 0 Å². The van der Waals surface area contributed by atoms with E-state index < -0.39 is 10.6 Å². The van der Waals surface area contributed by atoms with Crippen molar-refractivity contribution in [1.29, 1.82) is 0 Å². The van der Waals surface area contributed by atoms with Gasteiger partial charge in [-0.15, -0.1) is 0 Å². The molecule has 0 aliphatic rings. The Morgan fingerprint density at radius 1 is 1.43 bits per heavy atom. The number of phenols is 1. The number of hydrogen-bond acceptors (Lipinski definition) is 3. The van der Waals surface area contributed by atoms with Crippen LogP contribution in [0.15, 0.2) is 18.2 Å². The molecule has 76 valence electrons. The van der Waals surface area contributed by atoms with Crippen molar-refractivity contribution in [3.8, 4) is 5.75 Å². The minimum atomic E-state index is -1.70. The molecule has 1 N–H and O–H groups in total. The Labute approximate surface area is 80.1 Å². The van der Waals surface area contributed by atoms with Crippen LogP contribution in [0.2, 0.25) is 0 Å². The predicted molar refractivity (Wildman–Crippen MR) is 48.9 cm³/mol. The smallest absolute Gasteiger partial charge is 0.273 e. The summed E-state index contributed by atoms with van der Waals surface area (Å²) >= 11 is 0. The maximum absolute atomic E-state index is 13.4. The highest BCUT2D eigenvalue weighted by Gasteiger charge is 2.22. The normalized spacial score (nSPS) is 11.4. The van der Waals surface area contributed by atoms with Crippen LogP contribution in [0.1, 0.15) is 19.4 Å². The monoisotopic (exact) mass is 199 g/mol. The van der Waals surface area contributed by atoms with Gasteiger partial charge in [-0.1, -0.05) is 0 Å². The van der Waals surface area contributed by atoms with Gasteiger partial charge < -0.3 is 5.11 Å². The molecule has 14 heavy (non-hydrogen) atoms. The summed E-state index contributed by atoms with van der Waals surface area (Å²) in [4.78, 5) is 9.73. The van der Waals surface area contributed by atoms with Gasteiger partial charge in [-0.25, -0.2) is 4.39 Å². The second kappa shape index (κ2) is 3.25. The number of aromatic hydroxyl groups is 1. The molecule has 0 atom stereocenters. The van der Waals surface area contributed by atoms with Crippen molar-refractivity contribution in [2.75, 3.05) is 0 Å². The molecule has 0 spiro atoms. The Morgan fingerprint density at radius 2 is 2.00 bits per heavy atom. The number of phenolic OH excluding ortho intramolecular Hbond substituents is 1. The summed E-state index contributed by atoms with van der Waals surface area (Å²) in [6.45, 7) is 2.54. The first-order valence-electron chi connectivity index (χ1n) is 3.98. The van der Waals surface area contributed by atoms with Gasteiger partial charge in [0.1, 0.15) is 11.4 Å². The maximum atomic E-state index is 13.4. The summed E-state index contributed by atoms with van der Waals surface area (Å²) in [7, 11) is 0. The highest BCUT2D eigenvalue weighted by Crippen LogP contribution is 2.31. The molecule has 0 radical (unpaired) electrons. The van der Waals surface area contributed by atoms with Crippen LogP contribution in [0.4, 0.5) is 10.1 Å². The van der Waals surface area contributed by atoms with Crippen LogP contribution in [0.3, 0.4) is 0 Å². The summed E-state index contributed by atoms with van der Waals surface area (Å²) in [5.74, 6) is -0.306. The van der Waals surface area contributed by atoms with Crippen LogP contribution >= 0.6 is 0 Å². The molecule has 4 nitrogen and oxygen atoms in total. The lowest BCUT2D eigenvalue weighted by Gasteiger charge is -2.14. The van der Waals surface area contributed by atoms with Gasteiger partial charge in [0.05, 0.1) is 11.0 Å². The van der Waals surface area contributed by atoms with Crippen LogP contribution in [-0.4, -0.2) is 10.0 Å². The Bertz CT molecular complexity index is 371. The lowest BCUT2D eigenvalue weighted by Crippen LogP contribution is -2.09. The minimum absolute atomic E-state index is 0.0872. The van der Waals surface area contributed by atoms with Crippen molar-refractivity contribution in [2.45, 2.75) is 19.5 Å². The van der Waals surface area contributed by atoms with Crippen LogP contribution < -0.4 is 0 Å². The zero-order valence-electron chi connectivity index (χ0n) is 7.82. The third kappa shape index (κ3) is 2.18. The molecule has 0 saturated carbocycles. The van der Waals surface area contributed by atoms with E-state index in [4.69, 9.17) is 5.11 Å². The largest absolute Gasteiger partial charge is 0.508 e. The molecule has 0 bridgehead atoms. The summed E-state index contributed by atoms with van der Waals surface area (Å²) in [5, 5.41) is 19.5. The SMILES string of the molecule is CC(C)(F)c1cc(O)cc([N+](=O)[O-])c1. The average Bonchev–Trinajstić information content (AvgIpc) is 2.01. The zero-order chi connectivity index (χ0) is 10.9. The summed E-state index contributed by atoms with van der Waals surface area (Å²) in [5.41, 5.74) is -1.93. The first-order valence-corrected chi connectivity index (χ1v) is 3.98. The molecule has 0 heterocycles. The molecule has 1 aromatic carbocycles. The fourth-order valence-corrected chi connectivity index (χ4v) is 1.04. The number of non-ortho nitro benzene ring substituents is 1. The first kappa shape index (κ1) is 10.4. The quantitative estimate of drug-likeness (QED) is 0.587. The van der Waals surface area contributed by atoms with E-state index in [-0.39, 0.29) is 17.0 Å². The number of hydrogen-bond donors (Lipinski definition) is 1. The predicted octanol–water partition coefficient (Wildman–Crippen LogP) is 2.51. The van der Waals surface area contributed by atoms with Crippen molar-refractivity contribution in [1.82, 2.24) is 0 Å². The lowest BCUT2D eigenvalue weighted by molar-refractivity contribution is -0.385. The Balaban J connectivity index is 3.28. The van der Waals surface area contributed by atoms with E-state index in [1.165, 1.54) is 19.9 Å². The topological polar surface area (TPSA) is 63.4 Å². The highest BCUT2D eigenvalue weighted by molar-refractivity contribution is 5.43. The van der Waals surface area contributed by atoms with Crippen LogP contribution in [0.5, 0.6) is 5.75 Å². The molecule has 1 aromatic rings. The first-order chi connectivity index (χ1) is 6.30. The number of halogens is 1. The second-order valence-corrected chi connectivity index (χ2v) is 3.47. The van der Waals surface area contributed by atoms with E-state index in [1.807, 2.05) is 0 Å². The molecular weight excluding hydrogens is 189 g/mol. The number of nitrogens with zero attached hydrogens (tertiary/aromatic N) is 1. The third-order valence-electron chi connectivity index (χ3n) is 1.80. The Morgan fingerprint density at radius 3 is 2.43 bits per heavy atom. The van der Waals surface area contributed by atoms with E-state index in [0.29, 0.717) is 0 Å². The van der Waals surface area contributed by atoms with Crippen molar-refractivity contribution in [2.24, 2.45) is 0 Å². The summed E-state index contributed by atoms with van der Waals surface area (Å²) < 4.78 is 13.4. The van der Waals surface area contributed by atoms with E-state index in [9.17, 15) is 14.5 Å². The van der Waals surface area contributed by atoms with Crippen molar-refractivity contribution >= 4 is 5.69 Å². The Hall–Kier alpha value is -1.65. The van der Waals surface area contributed by atoms with E-state index >= 15 is 0 Å². The fraction of sp³-hybridized carbons (Fsp3) is 0.333. The van der Waals surface area contributed by atoms with Crippen molar-refractivity contribution < 1.29 is 14.4 Å². The van der Waals surface area contributed by atoms with Crippen molar-refractivity contribution in [3.05, 3.63) is 33.9 Å². The standard InChI is InChI=1S/C9H10FNO3/c1-9(2,10)6-3-7(11(13)14)5-8(12)4-6/h3-5,12H,1-2H3.